The molecule has 0 aromatic carbocycles. The fourth-order valence-corrected chi connectivity index (χ4v) is 3.05. The van der Waals surface area contributed by atoms with Crippen LogP contribution in [0.4, 0.5) is 0 Å². The van der Waals surface area contributed by atoms with Crippen molar-refractivity contribution in [2.24, 2.45) is 0 Å². The van der Waals surface area contributed by atoms with Gasteiger partial charge in [0.05, 0.1) is 12.2 Å². The zero-order chi connectivity index (χ0) is 15.5. The number of hydrogen-bond donors (Lipinski definition) is 1. The van der Waals surface area contributed by atoms with E-state index in [1.54, 1.807) is 0 Å². The molecule has 118 valence electrons. The molecule has 5 heteroatoms. The van der Waals surface area contributed by atoms with Gasteiger partial charge in [0, 0.05) is 31.5 Å². The van der Waals surface area contributed by atoms with Crippen molar-refractivity contribution < 1.29 is 4.42 Å². The summed E-state index contributed by atoms with van der Waals surface area (Å²) >= 11 is 0. The van der Waals surface area contributed by atoms with E-state index in [0.29, 0.717) is 5.82 Å². The van der Waals surface area contributed by atoms with Crippen LogP contribution in [0, 0.1) is 6.92 Å². The van der Waals surface area contributed by atoms with Gasteiger partial charge in [-0.05, 0) is 31.9 Å². The summed E-state index contributed by atoms with van der Waals surface area (Å²) in [6.45, 7) is 6.56. The van der Waals surface area contributed by atoms with E-state index in [1.807, 2.05) is 6.92 Å². The molecule has 3 heterocycles. The third-order valence-electron chi connectivity index (χ3n) is 4.16. The molecule has 5 nitrogen and oxygen atoms in total. The zero-order valence-corrected chi connectivity index (χ0v) is 13.3. The highest BCUT2D eigenvalue weighted by molar-refractivity contribution is 5.20. The molecular weight excluding hydrogens is 278 g/mol. The molecule has 3 rings (SSSR count). The minimum atomic E-state index is 0.0209. The molecule has 0 spiro atoms. The summed E-state index contributed by atoms with van der Waals surface area (Å²) in [6.07, 6.45) is 3.66. The standard InChI is InChI=1S/C17H23N3O2/c1-3-4-13-5-6-14(22-13)11-20-9-7-15-16(8-10-20)18-12(2)19-17(15)21/h5-6H,3-4,7-11H2,1-2H3,(H,18,19,21). The maximum Gasteiger partial charge on any atom is 0.254 e. The van der Waals surface area contributed by atoms with Crippen molar-refractivity contribution in [3.05, 3.63) is 51.1 Å². The largest absolute Gasteiger partial charge is 0.465 e. The van der Waals surface area contributed by atoms with Crippen molar-refractivity contribution in [1.29, 1.82) is 0 Å². The van der Waals surface area contributed by atoms with Crippen LogP contribution in [0.15, 0.2) is 21.3 Å². The molecule has 0 bridgehead atoms. The van der Waals surface area contributed by atoms with Crippen LogP contribution in [-0.2, 0) is 25.8 Å². The topological polar surface area (TPSA) is 62.1 Å². The second-order valence-corrected chi connectivity index (χ2v) is 5.97. The van der Waals surface area contributed by atoms with Gasteiger partial charge in [-0.25, -0.2) is 4.98 Å². The summed E-state index contributed by atoms with van der Waals surface area (Å²) in [5.41, 5.74) is 1.82. The first-order valence-corrected chi connectivity index (χ1v) is 8.04. The van der Waals surface area contributed by atoms with Crippen LogP contribution >= 0.6 is 0 Å². The van der Waals surface area contributed by atoms with Gasteiger partial charge >= 0.3 is 0 Å². The molecule has 0 amide bonds. The van der Waals surface area contributed by atoms with Crippen molar-refractivity contribution in [2.75, 3.05) is 13.1 Å². The Labute approximate surface area is 130 Å². The molecule has 2 aromatic heterocycles. The molecular formula is C17H23N3O2. The number of rotatable bonds is 4. The first-order valence-electron chi connectivity index (χ1n) is 8.04. The molecule has 1 N–H and O–H groups in total. The monoisotopic (exact) mass is 301 g/mol. The number of fused-ring (bicyclic) bond motifs is 1. The third-order valence-corrected chi connectivity index (χ3v) is 4.16. The van der Waals surface area contributed by atoms with Gasteiger partial charge in [-0.3, -0.25) is 9.69 Å². The average Bonchev–Trinajstić information content (AvgIpc) is 2.80. The molecule has 2 aromatic rings. The Kier molecular flexibility index (Phi) is 4.43. The lowest BCUT2D eigenvalue weighted by atomic mass is 10.1. The van der Waals surface area contributed by atoms with E-state index in [0.717, 1.165) is 68.1 Å². The van der Waals surface area contributed by atoms with Gasteiger partial charge in [-0.2, -0.15) is 0 Å². The van der Waals surface area contributed by atoms with Gasteiger partial charge in [-0.15, -0.1) is 0 Å². The smallest absolute Gasteiger partial charge is 0.254 e. The fourth-order valence-electron chi connectivity index (χ4n) is 3.05. The molecule has 0 saturated heterocycles. The third kappa shape index (κ3) is 3.30. The fraction of sp³-hybridized carbons (Fsp3) is 0.529. The summed E-state index contributed by atoms with van der Waals surface area (Å²) in [5.74, 6) is 2.77. The number of aromatic amines is 1. The summed E-state index contributed by atoms with van der Waals surface area (Å²) in [7, 11) is 0. The summed E-state index contributed by atoms with van der Waals surface area (Å²) < 4.78 is 5.86. The number of aromatic nitrogens is 2. The highest BCUT2D eigenvalue weighted by Gasteiger charge is 2.19. The molecule has 0 fully saturated rings. The maximum absolute atomic E-state index is 12.0. The summed E-state index contributed by atoms with van der Waals surface area (Å²) in [5, 5.41) is 0. The predicted octanol–water partition coefficient (Wildman–Crippen LogP) is 2.22. The maximum atomic E-state index is 12.0. The van der Waals surface area contributed by atoms with Crippen LogP contribution in [-0.4, -0.2) is 28.0 Å². The average molecular weight is 301 g/mol. The predicted molar refractivity (Wildman–Crippen MR) is 85.0 cm³/mol. The van der Waals surface area contributed by atoms with Gasteiger partial charge in [0.2, 0.25) is 0 Å². The summed E-state index contributed by atoms with van der Waals surface area (Å²) in [6, 6.07) is 4.14. The zero-order valence-electron chi connectivity index (χ0n) is 13.3. The molecule has 1 aliphatic rings. The second kappa shape index (κ2) is 6.48. The Morgan fingerprint density at radius 3 is 2.86 bits per heavy atom. The van der Waals surface area contributed by atoms with E-state index in [4.69, 9.17) is 4.42 Å². The Morgan fingerprint density at radius 1 is 1.27 bits per heavy atom. The van der Waals surface area contributed by atoms with Crippen LogP contribution in [0.1, 0.15) is 41.9 Å². The van der Waals surface area contributed by atoms with Crippen molar-refractivity contribution in [2.45, 2.75) is 46.1 Å². The lowest BCUT2D eigenvalue weighted by Gasteiger charge is -2.17. The normalized spacial score (nSPS) is 15.5. The van der Waals surface area contributed by atoms with Crippen molar-refractivity contribution in [3.63, 3.8) is 0 Å². The van der Waals surface area contributed by atoms with Gasteiger partial charge < -0.3 is 9.40 Å². The number of hydrogen-bond acceptors (Lipinski definition) is 4. The highest BCUT2D eigenvalue weighted by Crippen LogP contribution is 2.16. The Bertz CT molecular complexity index is 702. The molecule has 1 aliphatic heterocycles. The number of nitrogens with zero attached hydrogens (tertiary/aromatic N) is 2. The van der Waals surface area contributed by atoms with Gasteiger partial charge in [0.1, 0.15) is 17.3 Å². The Hall–Kier alpha value is -1.88. The number of H-pyrrole nitrogens is 1. The number of nitrogens with one attached hydrogen (secondary N) is 1. The van der Waals surface area contributed by atoms with E-state index in [1.165, 1.54) is 0 Å². The second-order valence-electron chi connectivity index (χ2n) is 5.97. The first kappa shape index (κ1) is 15.0. The van der Waals surface area contributed by atoms with Crippen LogP contribution < -0.4 is 5.56 Å². The van der Waals surface area contributed by atoms with Crippen LogP contribution in [0.5, 0.6) is 0 Å². The highest BCUT2D eigenvalue weighted by atomic mass is 16.3. The Balaban J connectivity index is 1.68. The molecule has 0 radical (unpaired) electrons. The van der Waals surface area contributed by atoms with Gasteiger partial charge in [-0.1, -0.05) is 6.92 Å². The minimum absolute atomic E-state index is 0.0209. The summed E-state index contributed by atoms with van der Waals surface area (Å²) in [4.78, 5) is 21.7. The van der Waals surface area contributed by atoms with E-state index < -0.39 is 0 Å². The van der Waals surface area contributed by atoms with Crippen molar-refractivity contribution in [1.82, 2.24) is 14.9 Å². The van der Waals surface area contributed by atoms with Crippen molar-refractivity contribution >= 4 is 0 Å². The van der Waals surface area contributed by atoms with E-state index >= 15 is 0 Å². The van der Waals surface area contributed by atoms with Crippen LogP contribution in [0.2, 0.25) is 0 Å². The molecule has 0 aliphatic carbocycles. The van der Waals surface area contributed by atoms with Gasteiger partial charge in [0.25, 0.3) is 5.56 Å². The van der Waals surface area contributed by atoms with E-state index in [9.17, 15) is 4.79 Å². The van der Waals surface area contributed by atoms with Crippen LogP contribution in [0.25, 0.3) is 0 Å². The minimum Gasteiger partial charge on any atom is -0.465 e. The van der Waals surface area contributed by atoms with Gasteiger partial charge in [0.15, 0.2) is 0 Å². The first-order chi connectivity index (χ1) is 10.7. The lowest BCUT2D eigenvalue weighted by Crippen LogP contribution is -2.26. The quantitative estimate of drug-likeness (QED) is 0.940. The van der Waals surface area contributed by atoms with E-state index in [2.05, 4.69) is 33.9 Å². The Morgan fingerprint density at radius 2 is 2.05 bits per heavy atom. The van der Waals surface area contributed by atoms with Crippen molar-refractivity contribution in [3.8, 4) is 0 Å². The lowest BCUT2D eigenvalue weighted by molar-refractivity contribution is 0.252. The number of furan rings is 1. The van der Waals surface area contributed by atoms with E-state index in [-0.39, 0.29) is 5.56 Å². The molecule has 0 saturated carbocycles. The number of aryl methyl sites for hydroxylation is 2. The SMILES string of the molecule is CCCc1ccc(CN2CCc3nc(C)[nH]c(=O)c3CC2)o1. The van der Waals surface area contributed by atoms with Crippen LogP contribution in [0.3, 0.4) is 0 Å². The molecule has 22 heavy (non-hydrogen) atoms. The molecule has 0 unspecified atom stereocenters. The molecule has 0 atom stereocenters.